The second-order valence-corrected chi connectivity index (χ2v) is 3.34. The zero-order valence-corrected chi connectivity index (χ0v) is 8.04. The van der Waals surface area contributed by atoms with Crippen molar-refractivity contribution >= 4 is 5.97 Å². The number of esters is 1. The van der Waals surface area contributed by atoms with E-state index in [-0.39, 0.29) is 5.97 Å². The maximum atomic E-state index is 11.3. The van der Waals surface area contributed by atoms with Crippen molar-refractivity contribution in [2.75, 3.05) is 19.8 Å². The maximum Gasteiger partial charge on any atom is 0.326 e. The van der Waals surface area contributed by atoms with Crippen molar-refractivity contribution in [3.8, 4) is 0 Å². The molecule has 0 radical (unpaired) electrons. The first kappa shape index (κ1) is 10.5. The third-order valence-corrected chi connectivity index (χ3v) is 2.32. The first-order chi connectivity index (χ1) is 6.19. The molecular weight excluding hydrogens is 170 g/mol. The van der Waals surface area contributed by atoms with Crippen LogP contribution >= 0.6 is 0 Å². The Morgan fingerprint density at radius 1 is 1.46 bits per heavy atom. The molecule has 0 aromatic heterocycles. The van der Waals surface area contributed by atoms with Crippen LogP contribution in [0.2, 0.25) is 0 Å². The highest BCUT2D eigenvalue weighted by Crippen LogP contribution is 2.29. The van der Waals surface area contributed by atoms with Crippen LogP contribution in [-0.4, -0.2) is 31.3 Å². The van der Waals surface area contributed by atoms with Crippen molar-refractivity contribution in [3.63, 3.8) is 0 Å². The molecule has 0 aromatic carbocycles. The maximum absolute atomic E-state index is 11.3. The number of ether oxygens (including phenoxy) is 2. The Labute approximate surface area is 78.4 Å². The predicted molar refractivity (Wildman–Crippen MR) is 48.2 cm³/mol. The van der Waals surface area contributed by atoms with Gasteiger partial charge in [0.15, 0.2) is 0 Å². The summed E-state index contributed by atoms with van der Waals surface area (Å²) in [5.74, 6) is -0.279. The van der Waals surface area contributed by atoms with E-state index in [4.69, 9.17) is 15.2 Å². The number of hydrogen-bond donors (Lipinski definition) is 1. The van der Waals surface area contributed by atoms with E-state index in [1.54, 1.807) is 0 Å². The fourth-order valence-electron chi connectivity index (χ4n) is 1.24. The highest BCUT2D eigenvalue weighted by molar-refractivity contribution is 5.81. The first-order valence-electron chi connectivity index (χ1n) is 4.73. The van der Waals surface area contributed by atoms with Gasteiger partial charge in [0.2, 0.25) is 0 Å². The van der Waals surface area contributed by atoms with Crippen molar-refractivity contribution < 1.29 is 14.3 Å². The average molecular weight is 187 g/mol. The second kappa shape index (κ2) is 4.58. The van der Waals surface area contributed by atoms with Gasteiger partial charge in [-0.25, -0.2) is 0 Å². The number of rotatable bonds is 5. The molecule has 0 saturated heterocycles. The topological polar surface area (TPSA) is 61.5 Å². The normalized spacial score (nSPS) is 19.2. The number of carbonyl (C=O) groups is 1. The molecule has 0 amide bonds. The monoisotopic (exact) mass is 187 g/mol. The molecule has 0 spiro atoms. The van der Waals surface area contributed by atoms with Gasteiger partial charge >= 0.3 is 5.97 Å². The van der Waals surface area contributed by atoms with Gasteiger partial charge < -0.3 is 15.2 Å². The SMILES string of the molecule is CCOCCOC(=O)C1(N)CCC1. The summed E-state index contributed by atoms with van der Waals surface area (Å²) in [5.41, 5.74) is 5.06. The average Bonchev–Trinajstić information content (AvgIpc) is 2.08. The minimum Gasteiger partial charge on any atom is -0.462 e. The van der Waals surface area contributed by atoms with E-state index in [1.165, 1.54) is 0 Å². The zero-order valence-electron chi connectivity index (χ0n) is 8.04. The van der Waals surface area contributed by atoms with E-state index in [0.717, 1.165) is 19.3 Å². The predicted octanol–water partition coefficient (Wildman–Crippen LogP) is 0.447. The lowest BCUT2D eigenvalue weighted by Gasteiger charge is -2.34. The summed E-state index contributed by atoms with van der Waals surface area (Å²) < 4.78 is 9.99. The molecule has 1 aliphatic carbocycles. The quantitative estimate of drug-likeness (QED) is 0.501. The molecule has 13 heavy (non-hydrogen) atoms. The molecule has 1 rings (SSSR count). The lowest BCUT2D eigenvalue weighted by atomic mass is 9.78. The number of nitrogens with two attached hydrogens (primary N) is 1. The van der Waals surface area contributed by atoms with Crippen molar-refractivity contribution in [1.29, 1.82) is 0 Å². The molecule has 0 atom stereocenters. The third kappa shape index (κ3) is 2.67. The molecule has 0 aliphatic heterocycles. The van der Waals surface area contributed by atoms with E-state index in [0.29, 0.717) is 19.8 Å². The number of carbonyl (C=O) groups excluding carboxylic acids is 1. The van der Waals surface area contributed by atoms with E-state index >= 15 is 0 Å². The Morgan fingerprint density at radius 2 is 2.15 bits per heavy atom. The Bertz CT molecular complexity index is 178. The molecule has 1 aliphatic rings. The van der Waals surface area contributed by atoms with E-state index in [1.807, 2.05) is 6.92 Å². The van der Waals surface area contributed by atoms with Gasteiger partial charge in [0, 0.05) is 6.61 Å². The summed E-state index contributed by atoms with van der Waals surface area (Å²) in [6.07, 6.45) is 2.53. The van der Waals surface area contributed by atoms with Gasteiger partial charge in [-0.15, -0.1) is 0 Å². The van der Waals surface area contributed by atoms with Crippen LogP contribution in [0.1, 0.15) is 26.2 Å². The fourth-order valence-corrected chi connectivity index (χ4v) is 1.24. The molecule has 0 heterocycles. The summed E-state index contributed by atoms with van der Waals surface area (Å²) in [6.45, 7) is 3.31. The molecule has 76 valence electrons. The summed E-state index contributed by atoms with van der Waals surface area (Å²) >= 11 is 0. The highest BCUT2D eigenvalue weighted by atomic mass is 16.6. The minimum absolute atomic E-state index is 0.279. The van der Waals surface area contributed by atoms with Crippen LogP contribution in [0.4, 0.5) is 0 Å². The van der Waals surface area contributed by atoms with Crippen LogP contribution in [-0.2, 0) is 14.3 Å². The van der Waals surface area contributed by atoms with Crippen LogP contribution in [0, 0.1) is 0 Å². The molecule has 4 heteroatoms. The summed E-state index contributed by atoms with van der Waals surface area (Å²) in [5, 5.41) is 0. The van der Waals surface area contributed by atoms with Gasteiger partial charge in [-0.2, -0.15) is 0 Å². The smallest absolute Gasteiger partial charge is 0.326 e. The van der Waals surface area contributed by atoms with E-state index < -0.39 is 5.54 Å². The van der Waals surface area contributed by atoms with Crippen LogP contribution < -0.4 is 5.73 Å². The van der Waals surface area contributed by atoms with Crippen LogP contribution in [0.5, 0.6) is 0 Å². The summed E-state index contributed by atoms with van der Waals surface area (Å²) in [7, 11) is 0. The Balaban J connectivity index is 2.10. The first-order valence-corrected chi connectivity index (χ1v) is 4.73. The van der Waals surface area contributed by atoms with Crippen LogP contribution in [0.25, 0.3) is 0 Å². The Morgan fingerprint density at radius 3 is 2.62 bits per heavy atom. The molecule has 4 nitrogen and oxygen atoms in total. The molecule has 0 unspecified atom stereocenters. The third-order valence-electron chi connectivity index (χ3n) is 2.32. The molecular formula is C9H17NO3. The molecule has 1 saturated carbocycles. The molecule has 0 aromatic rings. The van der Waals surface area contributed by atoms with E-state index in [9.17, 15) is 4.79 Å². The second-order valence-electron chi connectivity index (χ2n) is 3.34. The van der Waals surface area contributed by atoms with Gasteiger partial charge in [-0.3, -0.25) is 4.79 Å². The lowest BCUT2D eigenvalue weighted by Crippen LogP contribution is -2.54. The van der Waals surface area contributed by atoms with Gasteiger partial charge in [-0.1, -0.05) is 0 Å². The van der Waals surface area contributed by atoms with Crippen molar-refractivity contribution in [2.45, 2.75) is 31.7 Å². The molecule has 0 bridgehead atoms. The largest absolute Gasteiger partial charge is 0.462 e. The van der Waals surface area contributed by atoms with Gasteiger partial charge in [0.05, 0.1) is 6.61 Å². The lowest BCUT2D eigenvalue weighted by molar-refractivity contribution is -0.155. The van der Waals surface area contributed by atoms with Crippen molar-refractivity contribution in [1.82, 2.24) is 0 Å². The van der Waals surface area contributed by atoms with Crippen molar-refractivity contribution in [2.24, 2.45) is 5.73 Å². The Kier molecular flexibility index (Phi) is 3.69. The van der Waals surface area contributed by atoms with Crippen LogP contribution in [0.15, 0.2) is 0 Å². The van der Waals surface area contributed by atoms with Gasteiger partial charge in [-0.05, 0) is 26.2 Å². The Hall–Kier alpha value is -0.610. The highest BCUT2D eigenvalue weighted by Gasteiger charge is 2.41. The number of hydrogen-bond acceptors (Lipinski definition) is 4. The summed E-state index contributed by atoms with van der Waals surface area (Å²) in [4.78, 5) is 11.3. The summed E-state index contributed by atoms with van der Waals surface area (Å²) in [6, 6.07) is 0. The minimum atomic E-state index is -0.688. The van der Waals surface area contributed by atoms with Gasteiger partial charge in [0.25, 0.3) is 0 Å². The van der Waals surface area contributed by atoms with Crippen LogP contribution in [0.3, 0.4) is 0 Å². The zero-order chi connectivity index (χ0) is 9.73. The van der Waals surface area contributed by atoms with Gasteiger partial charge in [0.1, 0.15) is 12.1 Å². The van der Waals surface area contributed by atoms with E-state index in [2.05, 4.69) is 0 Å². The molecule has 2 N–H and O–H groups in total. The fraction of sp³-hybridized carbons (Fsp3) is 0.889. The molecule has 1 fully saturated rings. The standard InChI is InChI=1S/C9H17NO3/c1-2-12-6-7-13-8(11)9(10)4-3-5-9/h2-7,10H2,1H3. The van der Waals surface area contributed by atoms with Crippen molar-refractivity contribution in [3.05, 3.63) is 0 Å².